The Morgan fingerprint density at radius 3 is 2.27 bits per heavy atom. The molecule has 192 valence electrons. The number of hydrogen-bond donors (Lipinski definition) is 1. The summed E-state index contributed by atoms with van der Waals surface area (Å²) in [6.45, 7) is 5.34. The van der Waals surface area contributed by atoms with E-state index < -0.39 is 29.1 Å². The van der Waals surface area contributed by atoms with Crippen molar-refractivity contribution in [1.29, 1.82) is 0 Å². The van der Waals surface area contributed by atoms with Crippen LogP contribution >= 0.6 is 11.3 Å². The first-order valence-corrected chi connectivity index (χ1v) is 12.4. The topological polar surface area (TPSA) is 93.0 Å². The molecule has 4 rings (SSSR count). The summed E-state index contributed by atoms with van der Waals surface area (Å²) in [6.07, 6.45) is 0. The Balaban J connectivity index is 1.65. The monoisotopic (exact) mass is 524 g/mol. The molecular weight excluding hydrogens is 498 g/mol. The SMILES string of the molecule is CC(C)(C)NC(=O)[C@@H](c1cccs1)N(Cc1ccc(F)cc1)C(=O)Cn1nnc(-c2ccc(F)cc2)n1. The van der Waals surface area contributed by atoms with Crippen LogP contribution in [-0.4, -0.2) is 42.5 Å². The summed E-state index contributed by atoms with van der Waals surface area (Å²) >= 11 is 1.36. The summed E-state index contributed by atoms with van der Waals surface area (Å²) in [5, 5.41) is 17.0. The highest BCUT2D eigenvalue weighted by Gasteiger charge is 2.34. The Morgan fingerprint density at radius 1 is 1.03 bits per heavy atom. The van der Waals surface area contributed by atoms with Gasteiger partial charge in [0.05, 0.1) is 0 Å². The first kappa shape index (κ1) is 26.1. The molecule has 4 aromatic rings. The molecular formula is C26H26F2N6O2S. The van der Waals surface area contributed by atoms with Gasteiger partial charge in [0.25, 0.3) is 0 Å². The zero-order chi connectivity index (χ0) is 26.6. The fourth-order valence-electron chi connectivity index (χ4n) is 3.66. The lowest BCUT2D eigenvalue weighted by Crippen LogP contribution is -2.49. The molecule has 0 aliphatic heterocycles. The van der Waals surface area contributed by atoms with Gasteiger partial charge in [-0.25, -0.2) is 8.78 Å². The van der Waals surface area contributed by atoms with E-state index in [1.54, 1.807) is 18.2 Å². The molecule has 0 fully saturated rings. The van der Waals surface area contributed by atoms with Gasteiger partial charge in [0.1, 0.15) is 24.2 Å². The summed E-state index contributed by atoms with van der Waals surface area (Å²) in [5.74, 6) is -1.34. The van der Waals surface area contributed by atoms with E-state index in [2.05, 4.69) is 20.7 Å². The molecule has 0 spiro atoms. The number of rotatable bonds is 8. The van der Waals surface area contributed by atoms with Crippen LogP contribution in [0, 0.1) is 11.6 Å². The molecule has 0 unspecified atom stereocenters. The third-order valence-electron chi connectivity index (χ3n) is 5.29. The fourth-order valence-corrected chi connectivity index (χ4v) is 4.49. The standard InChI is InChI=1S/C26H26F2N6O2S/c1-26(2,3)29-25(36)23(21-5-4-14-37-21)33(15-17-6-10-19(27)11-7-17)22(35)16-34-31-24(30-32-34)18-8-12-20(28)13-9-18/h4-14,23H,15-16H2,1-3H3,(H,29,36)/t23-/m1/s1. The van der Waals surface area contributed by atoms with Gasteiger partial charge in [0, 0.05) is 22.5 Å². The van der Waals surface area contributed by atoms with Gasteiger partial charge >= 0.3 is 0 Å². The quantitative estimate of drug-likeness (QED) is 0.370. The molecule has 11 heteroatoms. The molecule has 1 atom stereocenters. The summed E-state index contributed by atoms with van der Waals surface area (Å²) in [7, 11) is 0. The van der Waals surface area contributed by atoms with Gasteiger partial charge in [-0.1, -0.05) is 18.2 Å². The molecule has 8 nitrogen and oxygen atoms in total. The minimum atomic E-state index is -0.933. The number of halogens is 2. The minimum absolute atomic E-state index is 0.0543. The van der Waals surface area contributed by atoms with Gasteiger partial charge in [-0.05, 0) is 79.4 Å². The average molecular weight is 525 g/mol. The molecule has 0 bridgehead atoms. The van der Waals surface area contributed by atoms with E-state index >= 15 is 0 Å². The van der Waals surface area contributed by atoms with Crippen LogP contribution in [0.25, 0.3) is 11.4 Å². The van der Waals surface area contributed by atoms with Crippen molar-refractivity contribution in [3.63, 3.8) is 0 Å². The molecule has 0 aliphatic carbocycles. The van der Waals surface area contributed by atoms with E-state index in [4.69, 9.17) is 0 Å². The molecule has 0 radical (unpaired) electrons. The van der Waals surface area contributed by atoms with Crippen LogP contribution in [0.3, 0.4) is 0 Å². The van der Waals surface area contributed by atoms with Crippen molar-refractivity contribution in [3.05, 3.63) is 88.1 Å². The van der Waals surface area contributed by atoms with E-state index in [1.807, 2.05) is 32.2 Å². The maximum Gasteiger partial charge on any atom is 0.248 e. The Morgan fingerprint density at radius 2 is 1.68 bits per heavy atom. The molecule has 2 heterocycles. The van der Waals surface area contributed by atoms with Crippen molar-refractivity contribution in [3.8, 4) is 11.4 Å². The molecule has 2 aromatic carbocycles. The highest BCUT2D eigenvalue weighted by atomic mass is 32.1. The number of thiophene rings is 1. The first-order valence-electron chi connectivity index (χ1n) is 11.5. The normalized spacial score (nSPS) is 12.2. The molecule has 37 heavy (non-hydrogen) atoms. The van der Waals surface area contributed by atoms with Crippen molar-refractivity contribution in [2.45, 2.75) is 45.4 Å². The summed E-state index contributed by atoms with van der Waals surface area (Å²) in [5.41, 5.74) is 0.664. The lowest BCUT2D eigenvalue weighted by Gasteiger charge is -2.33. The molecule has 0 aliphatic rings. The van der Waals surface area contributed by atoms with Gasteiger partial charge in [-0.2, -0.15) is 4.80 Å². The number of carbonyl (C=O) groups is 2. The van der Waals surface area contributed by atoms with Crippen molar-refractivity contribution in [1.82, 2.24) is 30.4 Å². The summed E-state index contributed by atoms with van der Waals surface area (Å²) < 4.78 is 26.8. The van der Waals surface area contributed by atoms with Crippen LogP contribution in [0.2, 0.25) is 0 Å². The predicted octanol–water partition coefficient (Wildman–Crippen LogP) is 4.36. The number of amides is 2. The van der Waals surface area contributed by atoms with Crippen molar-refractivity contribution < 1.29 is 18.4 Å². The van der Waals surface area contributed by atoms with Crippen molar-refractivity contribution in [2.75, 3.05) is 0 Å². The van der Waals surface area contributed by atoms with Gasteiger partial charge in [-0.15, -0.1) is 21.5 Å². The smallest absolute Gasteiger partial charge is 0.248 e. The average Bonchev–Trinajstić information content (AvgIpc) is 3.52. The van der Waals surface area contributed by atoms with Crippen LogP contribution in [0.15, 0.2) is 66.0 Å². The Bertz CT molecular complexity index is 1350. The van der Waals surface area contributed by atoms with Crippen LogP contribution in [0.1, 0.15) is 37.3 Å². The van der Waals surface area contributed by atoms with Crippen molar-refractivity contribution >= 4 is 23.2 Å². The zero-order valence-corrected chi connectivity index (χ0v) is 21.4. The van der Waals surface area contributed by atoms with E-state index in [1.165, 1.54) is 52.6 Å². The third kappa shape index (κ3) is 6.82. The largest absolute Gasteiger partial charge is 0.349 e. The Labute approximate surface area is 216 Å². The number of tetrazole rings is 1. The maximum absolute atomic E-state index is 13.7. The lowest BCUT2D eigenvalue weighted by atomic mass is 10.1. The number of benzene rings is 2. The van der Waals surface area contributed by atoms with Crippen molar-refractivity contribution in [2.24, 2.45) is 0 Å². The fraction of sp³-hybridized carbons (Fsp3) is 0.269. The summed E-state index contributed by atoms with van der Waals surface area (Å²) in [4.78, 5) is 30.4. The zero-order valence-electron chi connectivity index (χ0n) is 20.6. The van der Waals surface area contributed by atoms with Gasteiger partial charge in [0.15, 0.2) is 0 Å². The van der Waals surface area contributed by atoms with Gasteiger partial charge in [-0.3, -0.25) is 9.59 Å². The number of carbonyl (C=O) groups excluding carboxylic acids is 2. The van der Waals surface area contributed by atoms with E-state index in [0.717, 1.165) is 4.80 Å². The highest BCUT2D eigenvalue weighted by molar-refractivity contribution is 7.10. The molecule has 2 aromatic heterocycles. The second kappa shape index (κ2) is 11.0. The van der Waals surface area contributed by atoms with Crippen LogP contribution in [0.5, 0.6) is 0 Å². The van der Waals surface area contributed by atoms with Crippen LogP contribution < -0.4 is 5.32 Å². The minimum Gasteiger partial charge on any atom is -0.349 e. The van der Waals surface area contributed by atoms with E-state index in [0.29, 0.717) is 16.0 Å². The second-order valence-electron chi connectivity index (χ2n) is 9.46. The second-order valence-corrected chi connectivity index (χ2v) is 10.4. The van der Waals surface area contributed by atoms with E-state index in [-0.39, 0.29) is 24.8 Å². The lowest BCUT2D eigenvalue weighted by molar-refractivity contribution is -0.143. The molecule has 0 saturated heterocycles. The van der Waals surface area contributed by atoms with Gasteiger partial charge < -0.3 is 10.2 Å². The highest BCUT2D eigenvalue weighted by Crippen LogP contribution is 2.28. The number of hydrogen-bond acceptors (Lipinski definition) is 6. The Hall–Kier alpha value is -3.99. The molecule has 1 N–H and O–H groups in total. The molecule has 2 amide bonds. The Kier molecular flexibility index (Phi) is 7.72. The number of nitrogens with one attached hydrogen (secondary N) is 1. The predicted molar refractivity (Wildman–Crippen MR) is 135 cm³/mol. The maximum atomic E-state index is 13.7. The van der Waals surface area contributed by atoms with Crippen LogP contribution in [-0.2, 0) is 22.7 Å². The third-order valence-corrected chi connectivity index (χ3v) is 6.21. The first-order chi connectivity index (χ1) is 17.6. The number of nitrogens with zero attached hydrogens (tertiary/aromatic N) is 5. The van der Waals surface area contributed by atoms with E-state index in [9.17, 15) is 18.4 Å². The summed E-state index contributed by atoms with van der Waals surface area (Å²) in [6, 6.07) is 14.0. The van der Waals surface area contributed by atoms with Gasteiger partial charge in [0.2, 0.25) is 17.6 Å². The number of aromatic nitrogens is 4. The molecule has 0 saturated carbocycles. The van der Waals surface area contributed by atoms with Crippen LogP contribution in [0.4, 0.5) is 8.78 Å².